The molecule has 19 heavy (non-hydrogen) atoms. The first kappa shape index (κ1) is 21.9. The summed E-state index contributed by atoms with van der Waals surface area (Å²) in [5.41, 5.74) is 0. The molecule has 0 unspecified atom stereocenters. The van der Waals surface area contributed by atoms with Gasteiger partial charge < -0.3 is 10.2 Å². The molecule has 0 saturated carbocycles. The second-order valence-electron chi connectivity index (χ2n) is 4.82. The van der Waals surface area contributed by atoms with Gasteiger partial charge in [-0.15, -0.1) is 0 Å². The van der Waals surface area contributed by atoms with Crippen LogP contribution in [0.15, 0.2) is 0 Å². The Morgan fingerprint density at radius 3 is 0.947 bits per heavy atom. The number of carboxylic acids is 2. The van der Waals surface area contributed by atoms with Crippen LogP contribution in [-0.4, -0.2) is 73.5 Å². The van der Waals surface area contributed by atoms with E-state index in [1.807, 2.05) is 0 Å². The Kier molecular flexibility index (Phi) is 19.1. The van der Waals surface area contributed by atoms with E-state index in [0.717, 1.165) is 38.5 Å². The van der Waals surface area contributed by atoms with Gasteiger partial charge in [0, 0.05) is 12.8 Å². The maximum atomic E-state index is 10.3. The normalized spacial score (nSPS) is 9.89. The fourth-order valence-electron chi connectivity index (χ4n) is 1.97. The number of aliphatic carboxylic acids is 2. The van der Waals surface area contributed by atoms with Crippen LogP contribution in [0.5, 0.6) is 0 Å². The monoisotopic (exact) mass is 298 g/mol. The minimum atomic E-state index is -0.698. The molecule has 0 aromatic carbocycles. The number of hydrogen-bond acceptors (Lipinski definition) is 2. The van der Waals surface area contributed by atoms with Crippen LogP contribution >= 0.6 is 0 Å². The van der Waals surface area contributed by atoms with Crippen molar-refractivity contribution in [1.29, 1.82) is 0 Å². The van der Waals surface area contributed by atoms with Crippen LogP contribution in [0.1, 0.15) is 77.0 Å². The molecule has 0 amide bonds. The molecule has 0 heterocycles. The zero-order valence-corrected chi connectivity index (χ0v) is 11.2. The van der Waals surface area contributed by atoms with E-state index in [2.05, 4.69) is 0 Å². The third-order valence-electron chi connectivity index (χ3n) is 3.03. The van der Waals surface area contributed by atoms with Crippen LogP contribution in [0.2, 0.25) is 0 Å². The van der Waals surface area contributed by atoms with Crippen LogP contribution in [0, 0.1) is 0 Å². The predicted octanol–water partition coefficient (Wildman–Crippen LogP) is 3.19. The van der Waals surface area contributed by atoms with E-state index in [0.29, 0.717) is 12.8 Å². The van der Waals surface area contributed by atoms with Crippen molar-refractivity contribution in [3.8, 4) is 0 Å². The van der Waals surface area contributed by atoms with Gasteiger partial charge in [0.1, 0.15) is 0 Å². The molecule has 108 valence electrons. The molecule has 0 rings (SSSR count). The van der Waals surface area contributed by atoms with Gasteiger partial charge in [0.25, 0.3) is 0 Å². The van der Waals surface area contributed by atoms with Gasteiger partial charge in [-0.3, -0.25) is 9.59 Å². The Morgan fingerprint density at radius 1 is 0.526 bits per heavy atom. The average Bonchev–Trinajstić information content (AvgIpc) is 2.29. The third-order valence-corrected chi connectivity index (χ3v) is 3.03. The molecule has 0 aliphatic rings. The van der Waals surface area contributed by atoms with E-state index in [-0.39, 0.29) is 51.4 Å². The van der Waals surface area contributed by atoms with E-state index in [4.69, 9.17) is 10.2 Å². The second kappa shape index (κ2) is 16.6. The summed E-state index contributed by atoms with van der Waals surface area (Å²) in [6, 6.07) is 0. The van der Waals surface area contributed by atoms with Crippen LogP contribution in [0.3, 0.4) is 0 Å². The molecule has 0 radical (unpaired) electrons. The molecule has 0 aromatic rings. The Bertz CT molecular complexity index is 207. The first-order chi connectivity index (χ1) is 8.63. The van der Waals surface area contributed by atoms with Crippen molar-refractivity contribution in [2.24, 2.45) is 0 Å². The van der Waals surface area contributed by atoms with Gasteiger partial charge >= 0.3 is 63.3 Å². The van der Waals surface area contributed by atoms with Gasteiger partial charge in [-0.2, -0.15) is 0 Å². The van der Waals surface area contributed by atoms with E-state index < -0.39 is 11.9 Å². The maximum absolute atomic E-state index is 10.3. The summed E-state index contributed by atoms with van der Waals surface area (Å²) in [6.45, 7) is 0. The van der Waals surface area contributed by atoms with E-state index >= 15 is 0 Å². The molecular weight excluding hydrogens is 271 g/mol. The number of hydrogen-bond donors (Lipinski definition) is 2. The second-order valence-corrected chi connectivity index (χ2v) is 4.82. The van der Waals surface area contributed by atoms with Gasteiger partial charge in [-0.1, -0.05) is 51.4 Å². The standard InChI is InChI=1S/C14H26O4.K.H/c15-13(16)11-9-7-5-3-1-2-4-6-8-10-12-14(17)18;;/h1-12H2,(H,15,16)(H,17,18);;. The summed E-state index contributed by atoms with van der Waals surface area (Å²) in [5, 5.41) is 16.9. The summed E-state index contributed by atoms with van der Waals surface area (Å²) < 4.78 is 0. The van der Waals surface area contributed by atoms with Gasteiger partial charge in [0.15, 0.2) is 0 Å². The van der Waals surface area contributed by atoms with Gasteiger partial charge in [-0.25, -0.2) is 0 Å². The van der Waals surface area contributed by atoms with Crippen LogP contribution in [0.25, 0.3) is 0 Å². The Labute approximate surface area is 158 Å². The van der Waals surface area contributed by atoms with Crippen molar-refractivity contribution < 1.29 is 19.8 Å². The number of carboxylic acid groups (broad SMARTS) is 2. The molecule has 0 saturated heterocycles. The van der Waals surface area contributed by atoms with E-state index in [1.54, 1.807) is 0 Å². The van der Waals surface area contributed by atoms with Crippen molar-refractivity contribution >= 4 is 63.3 Å². The topological polar surface area (TPSA) is 74.6 Å². The summed E-state index contributed by atoms with van der Waals surface area (Å²) in [4.78, 5) is 20.5. The predicted molar refractivity (Wildman–Crippen MR) is 77.8 cm³/mol. The van der Waals surface area contributed by atoms with Crippen LogP contribution in [0.4, 0.5) is 0 Å². The van der Waals surface area contributed by atoms with Gasteiger partial charge in [0.05, 0.1) is 0 Å². The van der Waals surface area contributed by atoms with Crippen molar-refractivity contribution in [3.63, 3.8) is 0 Å². The molecule has 5 heteroatoms. The molecule has 0 aliphatic carbocycles. The molecule has 0 aliphatic heterocycles. The summed E-state index contributed by atoms with van der Waals surface area (Å²) >= 11 is 0. The molecular formula is C14H27KO4. The number of unbranched alkanes of at least 4 members (excludes halogenated alkanes) is 9. The molecule has 0 spiro atoms. The molecule has 0 bridgehead atoms. The molecule has 0 atom stereocenters. The summed E-state index contributed by atoms with van der Waals surface area (Å²) in [5.74, 6) is -1.40. The molecule has 0 fully saturated rings. The fraction of sp³-hybridized carbons (Fsp3) is 0.857. The van der Waals surface area contributed by atoms with Crippen molar-refractivity contribution in [2.75, 3.05) is 0 Å². The van der Waals surface area contributed by atoms with E-state index in [1.165, 1.54) is 25.7 Å². The SMILES string of the molecule is O=C(O)CCCCCCCCCCCCC(=O)O.[KH]. The summed E-state index contributed by atoms with van der Waals surface area (Å²) in [6.07, 6.45) is 11.3. The van der Waals surface area contributed by atoms with E-state index in [9.17, 15) is 9.59 Å². The van der Waals surface area contributed by atoms with Crippen molar-refractivity contribution in [2.45, 2.75) is 77.0 Å². The minimum absolute atomic E-state index is 0. The molecule has 2 N–H and O–H groups in total. The quantitative estimate of drug-likeness (QED) is 0.404. The zero-order chi connectivity index (χ0) is 13.6. The average molecular weight is 298 g/mol. The van der Waals surface area contributed by atoms with Gasteiger partial charge in [-0.05, 0) is 12.8 Å². The zero-order valence-electron chi connectivity index (χ0n) is 11.2. The first-order valence-electron chi connectivity index (χ1n) is 7.06. The first-order valence-corrected chi connectivity index (χ1v) is 7.06. The summed E-state index contributed by atoms with van der Waals surface area (Å²) in [7, 11) is 0. The Balaban J connectivity index is 0. The molecule has 0 aromatic heterocycles. The Morgan fingerprint density at radius 2 is 0.737 bits per heavy atom. The van der Waals surface area contributed by atoms with Crippen LogP contribution < -0.4 is 0 Å². The molecule has 4 nitrogen and oxygen atoms in total. The third kappa shape index (κ3) is 21.0. The van der Waals surface area contributed by atoms with Crippen molar-refractivity contribution in [3.05, 3.63) is 0 Å². The van der Waals surface area contributed by atoms with Gasteiger partial charge in [0.2, 0.25) is 0 Å². The number of carbonyl (C=O) groups is 2. The van der Waals surface area contributed by atoms with Crippen molar-refractivity contribution in [1.82, 2.24) is 0 Å². The number of rotatable bonds is 13. The fourth-order valence-corrected chi connectivity index (χ4v) is 1.97. The van der Waals surface area contributed by atoms with Crippen LogP contribution in [-0.2, 0) is 9.59 Å². The Hall–Kier alpha value is 0.576.